The summed E-state index contributed by atoms with van der Waals surface area (Å²) in [6.07, 6.45) is -6.50. The lowest BCUT2D eigenvalue weighted by Crippen LogP contribution is -2.44. The van der Waals surface area contributed by atoms with Gasteiger partial charge in [-0.1, -0.05) is 0 Å². The number of alkyl halides is 3. The van der Waals surface area contributed by atoms with E-state index >= 15 is 0 Å². The number of Topliss-reactive ketones (excluding diaryl/α,β-unsaturated/α-hetero) is 1. The SMILES string of the molecule is CN1CCOC(C(=O)CCC(F)(F)F)C1. The second-order valence-corrected chi connectivity index (χ2v) is 3.70. The molecule has 15 heavy (non-hydrogen) atoms. The van der Waals surface area contributed by atoms with Crippen LogP contribution in [0.3, 0.4) is 0 Å². The average molecular weight is 225 g/mol. The molecule has 1 heterocycles. The van der Waals surface area contributed by atoms with Gasteiger partial charge in [-0.2, -0.15) is 13.2 Å². The van der Waals surface area contributed by atoms with Crippen molar-refractivity contribution in [2.24, 2.45) is 0 Å². The van der Waals surface area contributed by atoms with E-state index in [1.165, 1.54) is 0 Å². The number of halogens is 3. The summed E-state index contributed by atoms with van der Waals surface area (Å²) in [5, 5.41) is 0. The molecular weight excluding hydrogens is 211 g/mol. The van der Waals surface area contributed by atoms with Crippen LogP contribution in [0.1, 0.15) is 12.8 Å². The van der Waals surface area contributed by atoms with Gasteiger partial charge in [0, 0.05) is 19.5 Å². The molecule has 0 radical (unpaired) electrons. The van der Waals surface area contributed by atoms with E-state index in [4.69, 9.17) is 4.74 Å². The van der Waals surface area contributed by atoms with E-state index in [0.717, 1.165) is 0 Å². The maximum absolute atomic E-state index is 11.9. The van der Waals surface area contributed by atoms with Crippen LogP contribution >= 0.6 is 0 Å². The molecule has 0 N–H and O–H groups in total. The maximum atomic E-state index is 11.9. The van der Waals surface area contributed by atoms with Crippen molar-refractivity contribution in [3.05, 3.63) is 0 Å². The van der Waals surface area contributed by atoms with Crippen molar-refractivity contribution >= 4 is 5.78 Å². The van der Waals surface area contributed by atoms with Gasteiger partial charge in [0.05, 0.1) is 13.0 Å². The first-order chi connectivity index (χ1) is 6.88. The third-order valence-corrected chi connectivity index (χ3v) is 2.28. The standard InChI is InChI=1S/C9H14F3NO2/c1-13-4-5-15-8(6-13)7(14)2-3-9(10,11)12/h8H,2-6H2,1H3. The summed E-state index contributed by atoms with van der Waals surface area (Å²) < 4.78 is 40.7. The lowest BCUT2D eigenvalue weighted by Gasteiger charge is -2.29. The Bertz CT molecular complexity index is 230. The van der Waals surface area contributed by atoms with Crippen LogP contribution in [0.2, 0.25) is 0 Å². The molecule has 0 aromatic carbocycles. The zero-order valence-corrected chi connectivity index (χ0v) is 8.51. The van der Waals surface area contributed by atoms with Crippen molar-refractivity contribution in [2.45, 2.75) is 25.1 Å². The Kier molecular flexibility index (Phi) is 4.10. The molecule has 6 heteroatoms. The lowest BCUT2D eigenvalue weighted by molar-refractivity contribution is -0.150. The van der Waals surface area contributed by atoms with Crippen LogP contribution in [-0.2, 0) is 9.53 Å². The summed E-state index contributed by atoms with van der Waals surface area (Å²) >= 11 is 0. The first-order valence-electron chi connectivity index (χ1n) is 4.78. The monoisotopic (exact) mass is 225 g/mol. The average Bonchev–Trinajstić information content (AvgIpc) is 2.13. The fourth-order valence-electron chi connectivity index (χ4n) is 1.40. The van der Waals surface area contributed by atoms with Crippen LogP contribution in [-0.4, -0.2) is 49.7 Å². The topological polar surface area (TPSA) is 29.5 Å². The van der Waals surface area contributed by atoms with Gasteiger partial charge in [-0.15, -0.1) is 0 Å². The molecule has 0 aliphatic carbocycles. The van der Waals surface area contributed by atoms with E-state index < -0.39 is 30.9 Å². The Morgan fingerprint density at radius 3 is 2.73 bits per heavy atom. The van der Waals surface area contributed by atoms with Crippen molar-refractivity contribution in [1.29, 1.82) is 0 Å². The highest BCUT2D eigenvalue weighted by molar-refractivity contribution is 5.83. The minimum atomic E-state index is -4.27. The molecule has 1 rings (SSSR count). The zero-order valence-electron chi connectivity index (χ0n) is 8.51. The fraction of sp³-hybridized carbons (Fsp3) is 0.889. The summed E-state index contributed by atoms with van der Waals surface area (Å²) in [4.78, 5) is 13.2. The van der Waals surface area contributed by atoms with Gasteiger partial charge in [0.1, 0.15) is 6.10 Å². The van der Waals surface area contributed by atoms with E-state index in [1.807, 2.05) is 11.9 Å². The van der Waals surface area contributed by atoms with E-state index in [-0.39, 0.29) is 0 Å². The molecule has 0 bridgehead atoms. The van der Waals surface area contributed by atoms with Gasteiger partial charge in [0.25, 0.3) is 0 Å². The molecule has 1 fully saturated rings. The van der Waals surface area contributed by atoms with Crippen LogP contribution in [0.5, 0.6) is 0 Å². The van der Waals surface area contributed by atoms with E-state index in [0.29, 0.717) is 19.7 Å². The van der Waals surface area contributed by atoms with E-state index in [9.17, 15) is 18.0 Å². The lowest BCUT2D eigenvalue weighted by atomic mass is 10.1. The predicted octanol–water partition coefficient (Wildman–Crippen LogP) is 1.23. The van der Waals surface area contributed by atoms with Crippen molar-refractivity contribution in [2.75, 3.05) is 26.7 Å². The summed E-state index contributed by atoms with van der Waals surface area (Å²) in [5.74, 6) is -0.459. The number of ether oxygens (including phenoxy) is 1. The number of rotatable bonds is 3. The Labute approximate surface area is 86.2 Å². The Hall–Kier alpha value is -0.620. The molecule has 0 aromatic heterocycles. The number of hydrogen-bond acceptors (Lipinski definition) is 3. The van der Waals surface area contributed by atoms with Gasteiger partial charge in [-0.3, -0.25) is 4.79 Å². The number of nitrogens with zero attached hydrogens (tertiary/aromatic N) is 1. The Balaban J connectivity index is 2.33. The minimum Gasteiger partial charge on any atom is -0.368 e. The molecule has 0 aromatic rings. The predicted molar refractivity (Wildman–Crippen MR) is 47.5 cm³/mol. The van der Waals surface area contributed by atoms with Crippen molar-refractivity contribution < 1.29 is 22.7 Å². The van der Waals surface area contributed by atoms with Gasteiger partial charge >= 0.3 is 6.18 Å². The second kappa shape index (κ2) is 4.94. The van der Waals surface area contributed by atoms with Crippen LogP contribution in [0.15, 0.2) is 0 Å². The van der Waals surface area contributed by atoms with Crippen LogP contribution < -0.4 is 0 Å². The fourth-order valence-corrected chi connectivity index (χ4v) is 1.40. The highest BCUT2D eigenvalue weighted by Crippen LogP contribution is 2.22. The quantitative estimate of drug-likeness (QED) is 0.723. The van der Waals surface area contributed by atoms with Gasteiger partial charge in [-0.25, -0.2) is 0 Å². The molecule has 88 valence electrons. The smallest absolute Gasteiger partial charge is 0.368 e. The molecule has 0 amide bonds. The molecule has 0 saturated carbocycles. The molecule has 1 saturated heterocycles. The second-order valence-electron chi connectivity index (χ2n) is 3.70. The third kappa shape index (κ3) is 4.61. The number of hydrogen-bond donors (Lipinski definition) is 0. The van der Waals surface area contributed by atoms with Crippen LogP contribution in [0.25, 0.3) is 0 Å². The van der Waals surface area contributed by atoms with Gasteiger partial charge in [-0.05, 0) is 7.05 Å². The van der Waals surface area contributed by atoms with Crippen molar-refractivity contribution in [3.63, 3.8) is 0 Å². The Morgan fingerprint density at radius 1 is 1.53 bits per heavy atom. The number of morpholine rings is 1. The first-order valence-corrected chi connectivity index (χ1v) is 4.78. The molecule has 3 nitrogen and oxygen atoms in total. The van der Waals surface area contributed by atoms with Gasteiger partial charge in [0.2, 0.25) is 0 Å². The van der Waals surface area contributed by atoms with Crippen LogP contribution in [0, 0.1) is 0 Å². The number of likely N-dealkylation sites (N-methyl/N-ethyl adjacent to an activating group) is 1. The summed E-state index contributed by atoms with van der Waals surface area (Å²) in [6.45, 7) is 1.50. The minimum absolute atomic E-state index is 0.386. The largest absolute Gasteiger partial charge is 0.389 e. The molecule has 1 aliphatic heterocycles. The molecule has 0 spiro atoms. The maximum Gasteiger partial charge on any atom is 0.389 e. The highest BCUT2D eigenvalue weighted by Gasteiger charge is 2.31. The third-order valence-electron chi connectivity index (χ3n) is 2.28. The molecular formula is C9H14F3NO2. The van der Waals surface area contributed by atoms with E-state index in [1.54, 1.807) is 0 Å². The van der Waals surface area contributed by atoms with Crippen molar-refractivity contribution in [1.82, 2.24) is 4.90 Å². The van der Waals surface area contributed by atoms with Crippen molar-refractivity contribution in [3.8, 4) is 0 Å². The zero-order chi connectivity index (χ0) is 11.5. The number of carbonyl (C=O) groups is 1. The summed E-state index contributed by atoms with van der Waals surface area (Å²) in [5.41, 5.74) is 0. The molecule has 1 unspecified atom stereocenters. The number of carbonyl (C=O) groups excluding carboxylic acids is 1. The first kappa shape index (κ1) is 12.4. The molecule has 1 atom stereocenters. The normalized spacial score (nSPS) is 24.1. The van der Waals surface area contributed by atoms with Gasteiger partial charge < -0.3 is 9.64 Å². The number of ketones is 1. The summed E-state index contributed by atoms with van der Waals surface area (Å²) in [6, 6.07) is 0. The summed E-state index contributed by atoms with van der Waals surface area (Å²) in [7, 11) is 1.81. The van der Waals surface area contributed by atoms with Gasteiger partial charge in [0.15, 0.2) is 5.78 Å². The highest BCUT2D eigenvalue weighted by atomic mass is 19.4. The molecule has 1 aliphatic rings. The Morgan fingerprint density at radius 2 is 2.20 bits per heavy atom. The van der Waals surface area contributed by atoms with Crippen LogP contribution in [0.4, 0.5) is 13.2 Å². The van der Waals surface area contributed by atoms with E-state index in [2.05, 4.69) is 0 Å².